The summed E-state index contributed by atoms with van der Waals surface area (Å²) < 4.78 is 0. The topological polar surface area (TPSA) is 39.1 Å². The Bertz CT molecular complexity index is 261. The van der Waals surface area contributed by atoms with Gasteiger partial charge < -0.3 is 5.32 Å². The molecule has 3 heteroatoms. The molecular weight excluding hydrogens is 210 g/mol. The van der Waals surface area contributed by atoms with E-state index >= 15 is 0 Å². The van der Waals surface area contributed by atoms with E-state index in [9.17, 15) is 5.26 Å². The molecule has 1 heterocycles. The molecule has 2 aliphatic rings. The first kappa shape index (κ1) is 12.9. The first-order valence-corrected chi connectivity index (χ1v) is 7.15. The lowest BCUT2D eigenvalue weighted by Gasteiger charge is -2.35. The van der Waals surface area contributed by atoms with Gasteiger partial charge in [0.1, 0.15) is 6.04 Å². The molecule has 1 saturated carbocycles. The van der Waals surface area contributed by atoms with Crippen molar-refractivity contribution in [2.24, 2.45) is 11.8 Å². The Hall–Kier alpha value is -0.590. The second-order valence-electron chi connectivity index (χ2n) is 5.75. The van der Waals surface area contributed by atoms with Gasteiger partial charge in [0.25, 0.3) is 0 Å². The van der Waals surface area contributed by atoms with Crippen molar-refractivity contribution in [1.29, 1.82) is 5.26 Å². The fraction of sp³-hybridized carbons (Fsp3) is 0.929. The molecule has 1 aliphatic heterocycles. The summed E-state index contributed by atoms with van der Waals surface area (Å²) in [4.78, 5) is 2.42. The second kappa shape index (κ2) is 6.37. The summed E-state index contributed by atoms with van der Waals surface area (Å²) in [5.41, 5.74) is 0. The van der Waals surface area contributed by atoms with Crippen LogP contribution in [0.2, 0.25) is 0 Å². The molecule has 1 saturated heterocycles. The number of nitriles is 1. The van der Waals surface area contributed by atoms with Gasteiger partial charge in [-0.05, 0) is 37.6 Å². The molecule has 1 N–H and O–H groups in total. The normalized spacial score (nSPS) is 33.6. The lowest BCUT2D eigenvalue weighted by Crippen LogP contribution is -2.43. The van der Waals surface area contributed by atoms with E-state index in [4.69, 9.17) is 0 Å². The number of nitrogens with zero attached hydrogens (tertiary/aromatic N) is 2. The van der Waals surface area contributed by atoms with Crippen LogP contribution < -0.4 is 5.32 Å². The summed E-state index contributed by atoms with van der Waals surface area (Å²) >= 11 is 0. The molecule has 96 valence electrons. The van der Waals surface area contributed by atoms with Gasteiger partial charge in [0, 0.05) is 19.6 Å². The Kier molecular flexibility index (Phi) is 4.82. The van der Waals surface area contributed by atoms with E-state index in [2.05, 4.69) is 23.2 Å². The average Bonchev–Trinajstić information content (AvgIpc) is 2.59. The molecule has 3 atom stereocenters. The standard InChI is InChI=1S/C14H25N3/c1-12-4-2-5-13(10-12)14(11-15)17-8-3-6-16-7-9-17/h12-14,16H,2-10H2,1H3. The molecular formula is C14H25N3. The first-order valence-electron chi connectivity index (χ1n) is 7.15. The average molecular weight is 235 g/mol. The minimum Gasteiger partial charge on any atom is -0.315 e. The Morgan fingerprint density at radius 1 is 1.24 bits per heavy atom. The molecule has 1 aliphatic carbocycles. The minimum absolute atomic E-state index is 0.164. The van der Waals surface area contributed by atoms with Crippen LogP contribution in [0.15, 0.2) is 0 Å². The smallest absolute Gasteiger partial charge is 0.101 e. The van der Waals surface area contributed by atoms with E-state index in [0.29, 0.717) is 5.92 Å². The van der Waals surface area contributed by atoms with E-state index in [0.717, 1.165) is 32.1 Å². The van der Waals surface area contributed by atoms with Crippen molar-refractivity contribution in [3.05, 3.63) is 0 Å². The molecule has 3 nitrogen and oxygen atoms in total. The molecule has 0 aromatic rings. The van der Waals surface area contributed by atoms with Crippen LogP contribution in [0.5, 0.6) is 0 Å². The van der Waals surface area contributed by atoms with Gasteiger partial charge in [0.05, 0.1) is 6.07 Å². The van der Waals surface area contributed by atoms with Gasteiger partial charge >= 0.3 is 0 Å². The van der Waals surface area contributed by atoms with Crippen molar-refractivity contribution in [3.63, 3.8) is 0 Å². The number of nitrogens with one attached hydrogen (secondary N) is 1. The Labute approximate surface area is 105 Å². The quantitative estimate of drug-likeness (QED) is 0.795. The molecule has 17 heavy (non-hydrogen) atoms. The number of rotatable bonds is 2. The van der Waals surface area contributed by atoms with E-state index in [1.807, 2.05) is 0 Å². The molecule has 0 aromatic carbocycles. The predicted octanol–water partition coefficient (Wildman–Crippen LogP) is 2.00. The van der Waals surface area contributed by atoms with Gasteiger partial charge in [-0.15, -0.1) is 0 Å². The highest BCUT2D eigenvalue weighted by molar-refractivity contribution is 4.98. The molecule has 0 bridgehead atoms. The summed E-state index contributed by atoms with van der Waals surface area (Å²) in [5.74, 6) is 1.43. The third-order valence-corrected chi connectivity index (χ3v) is 4.32. The van der Waals surface area contributed by atoms with Crippen molar-refractivity contribution >= 4 is 0 Å². The molecule has 3 unspecified atom stereocenters. The monoisotopic (exact) mass is 235 g/mol. The fourth-order valence-corrected chi connectivity index (χ4v) is 3.40. The van der Waals surface area contributed by atoms with E-state index in [1.165, 1.54) is 32.1 Å². The van der Waals surface area contributed by atoms with Gasteiger partial charge in [-0.3, -0.25) is 4.90 Å². The highest BCUT2D eigenvalue weighted by Gasteiger charge is 2.30. The maximum absolute atomic E-state index is 9.50. The van der Waals surface area contributed by atoms with Crippen molar-refractivity contribution < 1.29 is 0 Å². The molecule has 2 fully saturated rings. The SMILES string of the molecule is CC1CCCC(C(C#N)N2CCCNCC2)C1. The van der Waals surface area contributed by atoms with Gasteiger partial charge in [0.15, 0.2) is 0 Å². The zero-order chi connectivity index (χ0) is 12.1. The van der Waals surface area contributed by atoms with Crippen LogP contribution in [-0.4, -0.2) is 37.1 Å². The Balaban J connectivity index is 1.96. The molecule has 2 rings (SSSR count). The van der Waals surface area contributed by atoms with Crippen LogP contribution in [-0.2, 0) is 0 Å². The van der Waals surface area contributed by atoms with Crippen LogP contribution in [0.3, 0.4) is 0 Å². The summed E-state index contributed by atoms with van der Waals surface area (Å²) in [7, 11) is 0. The maximum atomic E-state index is 9.50. The number of hydrogen-bond donors (Lipinski definition) is 1. The minimum atomic E-state index is 0.164. The zero-order valence-electron chi connectivity index (χ0n) is 11.0. The van der Waals surface area contributed by atoms with Crippen molar-refractivity contribution in [1.82, 2.24) is 10.2 Å². The van der Waals surface area contributed by atoms with Gasteiger partial charge in [-0.2, -0.15) is 5.26 Å². The van der Waals surface area contributed by atoms with Crippen LogP contribution >= 0.6 is 0 Å². The number of hydrogen-bond acceptors (Lipinski definition) is 3. The Morgan fingerprint density at radius 2 is 2.12 bits per heavy atom. The van der Waals surface area contributed by atoms with Crippen LogP contribution in [0.4, 0.5) is 0 Å². The van der Waals surface area contributed by atoms with E-state index in [-0.39, 0.29) is 6.04 Å². The van der Waals surface area contributed by atoms with Gasteiger partial charge in [-0.1, -0.05) is 19.8 Å². The van der Waals surface area contributed by atoms with Crippen LogP contribution in [0, 0.1) is 23.2 Å². The largest absolute Gasteiger partial charge is 0.315 e. The first-order chi connectivity index (χ1) is 8.31. The highest BCUT2D eigenvalue weighted by Crippen LogP contribution is 2.32. The fourth-order valence-electron chi connectivity index (χ4n) is 3.40. The summed E-state index contributed by atoms with van der Waals surface area (Å²) in [6.07, 6.45) is 6.36. The van der Waals surface area contributed by atoms with E-state index in [1.54, 1.807) is 0 Å². The third-order valence-electron chi connectivity index (χ3n) is 4.32. The molecule has 0 amide bonds. The zero-order valence-corrected chi connectivity index (χ0v) is 11.0. The second-order valence-corrected chi connectivity index (χ2v) is 5.75. The lowest BCUT2D eigenvalue weighted by molar-refractivity contribution is 0.144. The molecule has 0 spiro atoms. The van der Waals surface area contributed by atoms with E-state index < -0.39 is 0 Å². The van der Waals surface area contributed by atoms with Crippen molar-refractivity contribution in [2.75, 3.05) is 26.2 Å². The van der Waals surface area contributed by atoms with Gasteiger partial charge in [0.2, 0.25) is 0 Å². The van der Waals surface area contributed by atoms with Gasteiger partial charge in [-0.25, -0.2) is 0 Å². The maximum Gasteiger partial charge on any atom is 0.101 e. The summed E-state index contributed by atoms with van der Waals surface area (Å²) in [5, 5.41) is 12.9. The van der Waals surface area contributed by atoms with Crippen LogP contribution in [0.25, 0.3) is 0 Å². The van der Waals surface area contributed by atoms with Crippen LogP contribution in [0.1, 0.15) is 39.0 Å². The predicted molar refractivity (Wildman–Crippen MR) is 69.6 cm³/mol. The Morgan fingerprint density at radius 3 is 2.88 bits per heavy atom. The molecule has 0 radical (unpaired) electrons. The third kappa shape index (κ3) is 3.43. The van der Waals surface area contributed by atoms with Crippen molar-refractivity contribution in [2.45, 2.75) is 45.1 Å². The van der Waals surface area contributed by atoms with Crippen molar-refractivity contribution in [3.8, 4) is 6.07 Å². The summed E-state index contributed by atoms with van der Waals surface area (Å²) in [6.45, 7) is 6.62. The lowest BCUT2D eigenvalue weighted by atomic mass is 9.78. The summed E-state index contributed by atoms with van der Waals surface area (Å²) in [6, 6.07) is 2.75. The molecule has 0 aromatic heterocycles. The highest BCUT2D eigenvalue weighted by atomic mass is 15.2.